The van der Waals surface area contributed by atoms with Gasteiger partial charge in [0.25, 0.3) is 0 Å². The third kappa shape index (κ3) is 4.90. The zero-order chi connectivity index (χ0) is 17.5. The summed E-state index contributed by atoms with van der Waals surface area (Å²) >= 11 is 0. The number of hydrogen-bond donors (Lipinski definition) is 2. The normalized spacial score (nSPS) is 11.7. The molecule has 2 rings (SSSR count). The molecule has 2 aromatic rings. The lowest BCUT2D eigenvalue weighted by molar-refractivity contribution is -0.0504. The molecular formula is C15H20F2N6O. The highest BCUT2D eigenvalue weighted by Gasteiger charge is 2.11. The molecule has 9 heteroatoms. The fraction of sp³-hybridized carbons (Fsp3) is 0.400. The van der Waals surface area contributed by atoms with E-state index in [1.54, 1.807) is 30.9 Å². The molecule has 0 fully saturated rings. The van der Waals surface area contributed by atoms with Gasteiger partial charge in [-0.1, -0.05) is 17.7 Å². The van der Waals surface area contributed by atoms with E-state index in [2.05, 4.69) is 30.4 Å². The number of aryl methyl sites for hydroxylation is 2. The summed E-state index contributed by atoms with van der Waals surface area (Å²) in [5.41, 5.74) is 1.58. The van der Waals surface area contributed by atoms with Crippen molar-refractivity contribution >= 4 is 5.96 Å². The van der Waals surface area contributed by atoms with Gasteiger partial charge >= 0.3 is 6.61 Å². The van der Waals surface area contributed by atoms with Crippen LogP contribution in [0.1, 0.15) is 17.0 Å². The molecule has 7 nitrogen and oxygen atoms in total. The predicted molar refractivity (Wildman–Crippen MR) is 85.9 cm³/mol. The quantitative estimate of drug-likeness (QED) is 0.618. The lowest BCUT2D eigenvalue weighted by atomic mass is 10.1. The van der Waals surface area contributed by atoms with Gasteiger partial charge in [0.15, 0.2) is 5.96 Å². The van der Waals surface area contributed by atoms with Crippen LogP contribution in [-0.4, -0.2) is 34.4 Å². The first-order valence-electron chi connectivity index (χ1n) is 7.31. The number of hydrogen-bond acceptors (Lipinski definition) is 4. The monoisotopic (exact) mass is 338 g/mol. The molecule has 24 heavy (non-hydrogen) atoms. The van der Waals surface area contributed by atoms with E-state index in [0.29, 0.717) is 24.6 Å². The molecule has 1 aromatic carbocycles. The van der Waals surface area contributed by atoms with E-state index in [0.717, 1.165) is 11.4 Å². The molecule has 0 aliphatic rings. The first-order valence-corrected chi connectivity index (χ1v) is 7.31. The number of nitrogens with zero attached hydrogens (tertiary/aromatic N) is 4. The number of nitrogens with one attached hydrogen (secondary N) is 2. The molecule has 0 amide bonds. The maximum atomic E-state index is 12.5. The van der Waals surface area contributed by atoms with Crippen LogP contribution in [0.5, 0.6) is 5.75 Å². The van der Waals surface area contributed by atoms with E-state index in [1.807, 2.05) is 6.92 Å². The van der Waals surface area contributed by atoms with Crippen LogP contribution in [0.2, 0.25) is 0 Å². The van der Waals surface area contributed by atoms with Crippen molar-refractivity contribution in [3.05, 3.63) is 41.5 Å². The smallest absolute Gasteiger partial charge is 0.387 e. The van der Waals surface area contributed by atoms with Crippen molar-refractivity contribution in [1.29, 1.82) is 0 Å². The maximum absolute atomic E-state index is 12.5. The third-order valence-electron chi connectivity index (χ3n) is 3.32. The van der Waals surface area contributed by atoms with E-state index >= 15 is 0 Å². The van der Waals surface area contributed by atoms with Crippen LogP contribution >= 0.6 is 0 Å². The van der Waals surface area contributed by atoms with Crippen molar-refractivity contribution in [2.24, 2.45) is 12.0 Å². The van der Waals surface area contributed by atoms with Gasteiger partial charge < -0.3 is 15.4 Å². The zero-order valence-electron chi connectivity index (χ0n) is 13.8. The summed E-state index contributed by atoms with van der Waals surface area (Å²) in [6.07, 6.45) is 1.47. The lowest BCUT2D eigenvalue weighted by Gasteiger charge is -2.15. The highest BCUT2D eigenvalue weighted by molar-refractivity contribution is 5.79. The summed E-state index contributed by atoms with van der Waals surface area (Å²) < 4.78 is 31.2. The summed E-state index contributed by atoms with van der Waals surface area (Å²) in [4.78, 5) is 8.20. The summed E-state index contributed by atoms with van der Waals surface area (Å²) in [7, 11) is 3.42. The predicted octanol–water partition coefficient (Wildman–Crippen LogP) is 1.59. The second-order valence-corrected chi connectivity index (χ2v) is 5.07. The highest BCUT2D eigenvalue weighted by atomic mass is 19.3. The first-order chi connectivity index (χ1) is 11.5. The van der Waals surface area contributed by atoms with E-state index in [1.165, 1.54) is 12.4 Å². The summed E-state index contributed by atoms with van der Waals surface area (Å²) in [5, 5.41) is 10.1. The van der Waals surface area contributed by atoms with Crippen LogP contribution in [0.25, 0.3) is 0 Å². The van der Waals surface area contributed by atoms with Crippen LogP contribution in [0.15, 0.2) is 29.5 Å². The minimum Gasteiger partial charge on any atom is -0.434 e. The molecule has 0 aliphatic heterocycles. The van der Waals surface area contributed by atoms with Crippen LogP contribution < -0.4 is 15.4 Å². The Bertz CT molecular complexity index is 701. The Morgan fingerprint density at radius 3 is 2.71 bits per heavy atom. The second kappa shape index (κ2) is 8.23. The molecular weight excluding hydrogens is 318 g/mol. The number of aliphatic imine (C=N–C) groups is 1. The Kier molecular flexibility index (Phi) is 6.05. The van der Waals surface area contributed by atoms with E-state index in [9.17, 15) is 8.78 Å². The number of halogens is 2. The molecule has 0 radical (unpaired) electrons. The molecule has 0 unspecified atom stereocenters. The number of benzene rings is 1. The number of guanidine groups is 1. The Morgan fingerprint density at radius 1 is 1.33 bits per heavy atom. The lowest BCUT2D eigenvalue weighted by Crippen LogP contribution is -2.37. The van der Waals surface area contributed by atoms with Gasteiger partial charge in [-0.25, -0.2) is 4.98 Å². The Morgan fingerprint density at radius 2 is 2.08 bits per heavy atom. The van der Waals surface area contributed by atoms with Gasteiger partial charge in [-0.2, -0.15) is 13.9 Å². The second-order valence-electron chi connectivity index (χ2n) is 5.07. The van der Waals surface area contributed by atoms with Crippen molar-refractivity contribution in [3.8, 4) is 5.75 Å². The molecule has 130 valence electrons. The van der Waals surface area contributed by atoms with Crippen molar-refractivity contribution < 1.29 is 13.5 Å². The maximum Gasteiger partial charge on any atom is 0.387 e. The van der Waals surface area contributed by atoms with E-state index in [-0.39, 0.29) is 5.75 Å². The zero-order valence-corrected chi connectivity index (χ0v) is 13.8. The SMILES string of the molecule is CN=C(NCc1cc(C)ccc1OC(F)F)NCc1ncnn1C. The fourth-order valence-corrected chi connectivity index (χ4v) is 2.10. The standard InChI is InChI=1S/C15H20F2N6O/c1-10-4-5-12(24-14(16)17)11(6-10)7-19-15(18-2)20-8-13-21-9-22-23(13)3/h4-6,9,14H,7-8H2,1-3H3,(H2,18,19,20). The molecule has 2 N–H and O–H groups in total. The minimum absolute atomic E-state index is 0.145. The van der Waals surface area contributed by atoms with Crippen LogP contribution in [0.3, 0.4) is 0 Å². The molecule has 0 aliphatic carbocycles. The molecule has 1 aromatic heterocycles. The Labute approximate surface area is 138 Å². The largest absolute Gasteiger partial charge is 0.434 e. The summed E-state index contributed by atoms with van der Waals surface area (Å²) in [5.74, 6) is 1.41. The molecule has 0 atom stereocenters. The molecule has 0 spiro atoms. The molecule has 1 heterocycles. The van der Waals surface area contributed by atoms with Gasteiger partial charge in [0.1, 0.15) is 17.9 Å². The van der Waals surface area contributed by atoms with Crippen LogP contribution in [-0.2, 0) is 20.1 Å². The van der Waals surface area contributed by atoms with Crippen molar-refractivity contribution in [3.63, 3.8) is 0 Å². The van der Waals surface area contributed by atoms with E-state index < -0.39 is 6.61 Å². The fourth-order valence-electron chi connectivity index (χ4n) is 2.10. The van der Waals surface area contributed by atoms with Gasteiger partial charge in [-0.3, -0.25) is 9.67 Å². The topological polar surface area (TPSA) is 76.4 Å². The van der Waals surface area contributed by atoms with Crippen molar-refractivity contribution in [2.45, 2.75) is 26.6 Å². The van der Waals surface area contributed by atoms with E-state index in [4.69, 9.17) is 0 Å². The van der Waals surface area contributed by atoms with Gasteiger partial charge in [0.05, 0.1) is 6.54 Å². The van der Waals surface area contributed by atoms with Crippen LogP contribution in [0.4, 0.5) is 8.78 Å². The number of rotatable bonds is 6. The van der Waals surface area contributed by atoms with Gasteiger partial charge in [-0.15, -0.1) is 0 Å². The number of alkyl halides is 2. The Balaban J connectivity index is 1.97. The number of ether oxygens (including phenoxy) is 1. The summed E-state index contributed by atoms with van der Waals surface area (Å²) in [6.45, 7) is -0.247. The van der Waals surface area contributed by atoms with Gasteiger partial charge in [0, 0.05) is 26.2 Å². The van der Waals surface area contributed by atoms with Gasteiger partial charge in [-0.05, 0) is 13.0 Å². The average molecular weight is 338 g/mol. The van der Waals surface area contributed by atoms with Crippen LogP contribution in [0, 0.1) is 6.92 Å². The summed E-state index contributed by atoms with van der Waals surface area (Å²) in [6, 6.07) is 5.05. The van der Waals surface area contributed by atoms with Crippen molar-refractivity contribution in [2.75, 3.05) is 7.05 Å². The van der Waals surface area contributed by atoms with Crippen molar-refractivity contribution in [1.82, 2.24) is 25.4 Å². The third-order valence-corrected chi connectivity index (χ3v) is 3.32. The minimum atomic E-state index is -2.86. The average Bonchev–Trinajstić information content (AvgIpc) is 2.94. The first kappa shape index (κ1) is 17.6. The highest BCUT2D eigenvalue weighted by Crippen LogP contribution is 2.21. The number of aromatic nitrogens is 3. The molecule has 0 bridgehead atoms. The Hall–Kier alpha value is -2.71. The molecule has 0 saturated heterocycles. The molecule has 0 saturated carbocycles. The van der Waals surface area contributed by atoms with Gasteiger partial charge in [0.2, 0.25) is 0 Å².